The van der Waals surface area contributed by atoms with Gasteiger partial charge in [0.1, 0.15) is 0 Å². The van der Waals surface area contributed by atoms with Crippen LogP contribution < -0.4 is 0 Å². The van der Waals surface area contributed by atoms with Gasteiger partial charge in [0.25, 0.3) is 5.79 Å². The topological polar surface area (TPSA) is 72.8 Å². The molecule has 204 valence electrons. The van der Waals surface area contributed by atoms with Gasteiger partial charge in [0.15, 0.2) is 6.10 Å². The summed E-state index contributed by atoms with van der Waals surface area (Å²) >= 11 is 11.1. The van der Waals surface area contributed by atoms with Crippen molar-refractivity contribution >= 4 is 34.1 Å². The molecule has 0 bridgehead atoms. The van der Waals surface area contributed by atoms with Crippen LogP contribution >= 0.6 is 23.2 Å². The van der Waals surface area contributed by atoms with Gasteiger partial charge in [-0.2, -0.15) is 0 Å². The molecule has 3 fully saturated rings. The fraction of sp³-hybridized carbons (Fsp3) is 0.862. The van der Waals surface area contributed by atoms with Crippen molar-refractivity contribution < 1.29 is 24.2 Å². The van der Waals surface area contributed by atoms with Crippen molar-refractivity contribution in [3.05, 3.63) is 11.6 Å². The zero-order valence-electron chi connectivity index (χ0n) is 22.5. The Balaban J connectivity index is 1.58. The fourth-order valence-electron chi connectivity index (χ4n) is 9.18. The lowest BCUT2D eigenvalue weighted by Gasteiger charge is -2.60. The zero-order valence-corrected chi connectivity index (χ0v) is 24.0. The van der Waals surface area contributed by atoms with E-state index >= 15 is 0 Å². The molecule has 0 aromatic heterocycles. The molecule has 1 N–H and O–H groups in total. The molecule has 7 heteroatoms. The number of fused-ring (bicyclic) bond motifs is 5. The highest BCUT2D eigenvalue weighted by Gasteiger charge is 2.63. The fourth-order valence-corrected chi connectivity index (χ4v) is 9.41. The van der Waals surface area contributed by atoms with Crippen LogP contribution in [0.1, 0.15) is 98.8 Å². The molecule has 0 spiro atoms. The van der Waals surface area contributed by atoms with Crippen molar-refractivity contribution in [1.29, 1.82) is 0 Å². The van der Waals surface area contributed by atoms with E-state index in [-0.39, 0.29) is 11.8 Å². The van der Waals surface area contributed by atoms with E-state index in [2.05, 4.69) is 40.7 Å². The number of hydrogen-bond donors (Lipinski definition) is 1. The molecule has 9 atom stereocenters. The van der Waals surface area contributed by atoms with Crippen molar-refractivity contribution in [3.63, 3.8) is 0 Å². The summed E-state index contributed by atoms with van der Waals surface area (Å²) in [5, 5.41) is 11.2. The number of carbonyl (C=O) groups excluding carboxylic acids is 2. The lowest BCUT2D eigenvalue weighted by atomic mass is 9.46. The molecule has 3 saturated carbocycles. The van der Waals surface area contributed by atoms with Gasteiger partial charge in [-0.1, -0.05) is 60.0 Å². The Hall–Kier alpha value is -0.780. The first kappa shape index (κ1) is 28.2. The third-order valence-corrected chi connectivity index (χ3v) is 11.1. The average Bonchev–Trinajstić information content (AvgIpc) is 3.12. The van der Waals surface area contributed by atoms with Crippen LogP contribution in [0, 0.1) is 46.3 Å². The number of aliphatic hydroxyl groups is 1. The lowest BCUT2D eigenvalue weighted by molar-refractivity contribution is -0.234. The second-order valence-corrected chi connectivity index (χ2v) is 13.8. The summed E-state index contributed by atoms with van der Waals surface area (Å²) in [4.78, 5) is 23.3. The first-order valence-corrected chi connectivity index (χ1v) is 14.7. The van der Waals surface area contributed by atoms with Crippen LogP contribution in [0.25, 0.3) is 0 Å². The van der Waals surface area contributed by atoms with E-state index in [1.807, 2.05) is 0 Å². The van der Waals surface area contributed by atoms with Gasteiger partial charge in [-0.05, 0) is 90.4 Å². The van der Waals surface area contributed by atoms with Crippen LogP contribution in [0.2, 0.25) is 0 Å². The minimum absolute atomic E-state index is 0.148. The molecule has 4 aliphatic carbocycles. The smallest absolute Gasteiger partial charge is 0.406 e. The van der Waals surface area contributed by atoms with Crippen LogP contribution in [-0.2, 0) is 9.47 Å². The first-order chi connectivity index (χ1) is 16.8. The molecule has 0 saturated heterocycles. The normalized spacial score (nSPS) is 42.6. The molecule has 0 aromatic carbocycles. The summed E-state index contributed by atoms with van der Waals surface area (Å²) in [6.07, 6.45) is 11.6. The Morgan fingerprint density at radius 1 is 1.03 bits per heavy atom. The zero-order chi connectivity index (χ0) is 26.5. The molecule has 4 rings (SSSR count). The number of ether oxygens (including phenoxy) is 2. The molecule has 5 nitrogen and oxygen atoms in total. The summed E-state index contributed by atoms with van der Waals surface area (Å²) in [6, 6.07) is 0. The van der Waals surface area contributed by atoms with E-state index in [0.29, 0.717) is 29.6 Å². The summed E-state index contributed by atoms with van der Waals surface area (Å²) < 4.78 is 10.5. The molecule has 0 radical (unpaired) electrons. The van der Waals surface area contributed by atoms with Gasteiger partial charge in [-0.15, -0.1) is 0 Å². The molecular formula is C29H44Cl2O5. The van der Waals surface area contributed by atoms with Crippen molar-refractivity contribution in [1.82, 2.24) is 0 Å². The summed E-state index contributed by atoms with van der Waals surface area (Å²) in [6.45, 7) is 11.9. The number of rotatable bonds is 7. The molecular weight excluding hydrogens is 499 g/mol. The molecule has 0 aromatic rings. The molecule has 0 amide bonds. The third-order valence-electron chi connectivity index (χ3n) is 10.9. The number of halogens is 2. The lowest BCUT2D eigenvalue weighted by Crippen LogP contribution is -2.59. The summed E-state index contributed by atoms with van der Waals surface area (Å²) in [5.74, 6) is 1.97. The van der Waals surface area contributed by atoms with E-state index in [9.17, 15) is 14.7 Å². The monoisotopic (exact) mass is 542 g/mol. The van der Waals surface area contributed by atoms with Crippen molar-refractivity contribution in [2.75, 3.05) is 0 Å². The maximum atomic E-state index is 11.8. The highest BCUT2D eigenvalue weighted by Crippen LogP contribution is 2.68. The quantitative estimate of drug-likeness (QED) is 0.198. The van der Waals surface area contributed by atoms with E-state index in [0.717, 1.165) is 36.2 Å². The Kier molecular flexibility index (Phi) is 8.17. The van der Waals surface area contributed by atoms with Crippen LogP contribution in [0.15, 0.2) is 11.6 Å². The van der Waals surface area contributed by atoms with E-state index in [4.69, 9.17) is 32.7 Å². The van der Waals surface area contributed by atoms with Gasteiger partial charge in [-0.25, -0.2) is 9.59 Å². The van der Waals surface area contributed by atoms with E-state index < -0.39 is 22.7 Å². The molecule has 0 heterocycles. The van der Waals surface area contributed by atoms with Gasteiger partial charge in [0.05, 0.1) is 0 Å². The van der Waals surface area contributed by atoms with Crippen LogP contribution in [0.3, 0.4) is 0 Å². The molecule has 0 aliphatic heterocycles. The van der Waals surface area contributed by atoms with Crippen molar-refractivity contribution in [3.8, 4) is 0 Å². The summed E-state index contributed by atoms with van der Waals surface area (Å²) in [7, 11) is 0. The first-order valence-electron chi connectivity index (χ1n) is 14.0. The van der Waals surface area contributed by atoms with Crippen molar-refractivity contribution in [2.45, 2.75) is 111 Å². The van der Waals surface area contributed by atoms with Gasteiger partial charge in [-0.3, -0.25) is 0 Å². The predicted molar refractivity (Wildman–Crippen MR) is 142 cm³/mol. The number of allylic oxidation sites excluding steroid dienone is 1. The van der Waals surface area contributed by atoms with Crippen LogP contribution in [0.5, 0.6) is 0 Å². The second kappa shape index (κ2) is 10.4. The SMILES string of the molecule is CC(C)CCC[C@@H](C)[C@H]1CC[C@H]2[C@@H]3CC=C4C(OC(=O)Cl)[C@](O)(OC(=O)Cl)CC[C@]4(C)[C@H]3CC[C@]12C. The van der Waals surface area contributed by atoms with E-state index in [1.165, 1.54) is 38.5 Å². The standard InChI is InChI=1S/C29H44Cl2O5/c1-17(2)7-6-8-18(3)20-11-12-21-19-9-10-23-24(35-25(30)32)29(34,36-26(31)33)16-15-28(23,5)22(19)13-14-27(20,21)4/h10,17-22,24,34H,6-9,11-16H2,1-5H3/t18-,19+,20-,21+,22+,24?,27-,28-,29-/m1/s1. The van der Waals surface area contributed by atoms with Gasteiger partial charge in [0, 0.05) is 29.6 Å². The highest BCUT2D eigenvalue weighted by molar-refractivity contribution is 6.61. The summed E-state index contributed by atoms with van der Waals surface area (Å²) in [5.41, 5.74) is -1.22. The average molecular weight is 544 g/mol. The Bertz CT molecular complexity index is 889. The number of hydrogen-bond acceptors (Lipinski definition) is 5. The second-order valence-electron chi connectivity index (χ2n) is 13.1. The maximum Gasteiger partial charge on any atom is 0.406 e. The van der Waals surface area contributed by atoms with E-state index in [1.54, 1.807) is 0 Å². The van der Waals surface area contributed by atoms with Crippen LogP contribution in [0.4, 0.5) is 9.59 Å². The van der Waals surface area contributed by atoms with Gasteiger partial charge >= 0.3 is 10.9 Å². The van der Waals surface area contributed by atoms with Gasteiger partial charge < -0.3 is 14.6 Å². The molecule has 36 heavy (non-hydrogen) atoms. The Labute approximate surface area is 226 Å². The van der Waals surface area contributed by atoms with Crippen molar-refractivity contribution in [2.24, 2.45) is 46.3 Å². The molecule has 1 unspecified atom stereocenters. The maximum absolute atomic E-state index is 11.8. The van der Waals surface area contributed by atoms with Crippen LogP contribution in [-0.4, -0.2) is 27.9 Å². The predicted octanol–water partition coefficient (Wildman–Crippen LogP) is 8.45. The number of carbonyl (C=O) groups is 2. The Morgan fingerprint density at radius 2 is 1.75 bits per heavy atom. The van der Waals surface area contributed by atoms with Gasteiger partial charge in [0.2, 0.25) is 0 Å². The Morgan fingerprint density at radius 3 is 2.39 bits per heavy atom. The largest absolute Gasteiger partial charge is 0.439 e. The minimum atomic E-state index is -2.01. The molecule has 4 aliphatic rings. The minimum Gasteiger partial charge on any atom is -0.439 e. The third kappa shape index (κ3) is 4.98. The highest BCUT2D eigenvalue weighted by atomic mass is 35.5.